The van der Waals surface area contributed by atoms with Gasteiger partial charge in [0.2, 0.25) is 9.84 Å². The van der Waals surface area contributed by atoms with E-state index >= 15 is 4.57 Å². The molecule has 290 valence electrons. The third kappa shape index (κ3) is 5.26. The zero-order valence-electron chi connectivity index (χ0n) is 32.7. The van der Waals surface area contributed by atoms with E-state index in [2.05, 4.69) is 130 Å². The Morgan fingerprint density at radius 2 is 0.672 bits per heavy atom. The molecule has 7 heteroatoms. The van der Waals surface area contributed by atoms with E-state index in [9.17, 15) is 8.42 Å². The van der Waals surface area contributed by atoms with Gasteiger partial charge >= 0.3 is 0 Å². The molecule has 61 heavy (non-hydrogen) atoms. The van der Waals surface area contributed by atoms with E-state index in [1.807, 2.05) is 66.7 Å². The van der Waals surface area contributed by atoms with Gasteiger partial charge in [0.1, 0.15) is 0 Å². The summed E-state index contributed by atoms with van der Waals surface area (Å²) in [6.45, 7) is 0. The summed E-state index contributed by atoms with van der Waals surface area (Å²) in [5, 5.41) is 6.00. The van der Waals surface area contributed by atoms with Crippen LogP contribution in [0.25, 0.3) is 77.2 Å². The van der Waals surface area contributed by atoms with Crippen molar-refractivity contribution in [3.8, 4) is 33.6 Å². The minimum Gasteiger partial charge on any atom is -0.309 e. The molecule has 0 bridgehead atoms. The Kier molecular flexibility index (Phi) is 7.83. The smallest absolute Gasteiger partial charge is 0.208 e. The Balaban J connectivity index is 0.963. The van der Waals surface area contributed by atoms with Crippen LogP contribution >= 0.6 is 7.14 Å². The minimum absolute atomic E-state index is 0.0787. The molecule has 0 fully saturated rings. The third-order valence-corrected chi connectivity index (χ3v) is 17.7. The predicted molar refractivity (Wildman–Crippen MR) is 251 cm³/mol. The van der Waals surface area contributed by atoms with E-state index in [0.717, 1.165) is 55.7 Å². The molecular formula is C54H35N2O3PS. The van der Waals surface area contributed by atoms with E-state index < -0.39 is 17.0 Å². The van der Waals surface area contributed by atoms with Crippen LogP contribution in [0.15, 0.2) is 222 Å². The van der Waals surface area contributed by atoms with Gasteiger partial charge in [-0.05, 0) is 95.1 Å². The standard InChI is InChI=1S/C54H35N2O3PS/c57-60(42-12-2-1-3-13-42)51-32-26-38(36-22-28-40(29-23-36)55-47-18-8-4-14-43(47)44-15-5-9-19-48(44)55)34-53(51)61(58,59)54-35-39(27-33-52(54)60)37-24-30-41(31-25-37)56-49-20-10-6-16-45(49)46-17-7-11-21-50(46)56/h1-35H. The number of aromatic nitrogens is 2. The first-order valence-corrected chi connectivity index (χ1v) is 23.5. The molecule has 0 saturated heterocycles. The highest BCUT2D eigenvalue weighted by atomic mass is 32.2. The molecule has 0 amide bonds. The molecule has 2 aromatic heterocycles. The topological polar surface area (TPSA) is 61.1 Å². The Morgan fingerprint density at radius 3 is 1.05 bits per heavy atom. The fraction of sp³-hybridized carbons (Fsp3) is 0. The highest BCUT2D eigenvalue weighted by Gasteiger charge is 2.44. The lowest BCUT2D eigenvalue weighted by atomic mass is 10.1. The van der Waals surface area contributed by atoms with Gasteiger partial charge in [-0.3, -0.25) is 0 Å². The molecule has 12 rings (SSSR count). The number of fused-ring (bicyclic) bond motifs is 8. The highest BCUT2D eigenvalue weighted by molar-refractivity contribution is 7.96. The van der Waals surface area contributed by atoms with Gasteiger partial charge in [0.25, 0.3) is 0 Å². The van der Waals surface area contributed by atoms with Crippen LogP contribution in [0.2, 0.25) is 0 Å². The molecule has 0 saturated carbocycles. The first-order chi connectivity index (χ1) is 29.9. The predicted octanol–water partition coefficient (Wildman–Crippen LogP) is 12.0. The van der Waals surface area contributed by atoms with Gasteiger partial charge in [-0.1, -0.05) is 140 Å². The molecule has 9 aromatic carbocycles. The summed E-state index contributed by atoms with van der Waals surface area (Å²) < 4.78 is 50.2. The second kappa shape index (κ2) is 13.4. The Bertz CT molecular complexity index is 3410. The number of benzene rings is 9. The Morgan fingerprint density at radius 1 is 0.344 bits per heavy atom. The molecule has 1 aliphatic heterocycles. The summed E-state index contributed by atoms with van der Waals surface area (Å²) in [6.07, 6.45) is 0. The Labute approximate surface area is 352 Å². The number of hydrogen-bond acceptors (Lipinski definition) is 3. The number of sulfone groups is 1. The molecule has 0 radical (unpaired) electrons. The molecule has 0 unspecified atom stereocenters. The second-order valence-corrected chi connectivity index (χ2v) is 20.2. The molecule has 0 spiro atoms. The summed E-state index contributed by atoms with van der Waals surface area (Å²) in [5.74, 6) is 0. The van der Waals surface area contributed by atoms with E-state index in [0.29, 0.717) is 15.9 Å². The highest BCUT2D eigenvalue weighted by Crippen LogP contribution is 2.51. The lowest BCUT2D eigenvalue weighted by molar-refractivity contribution is 0.585. The van der Waals surface area contributed by atoms with Crippen molar-refractivity contribution >= 4 is 76.5 Å². The van der Waals surface area contributed by atoms with Gasteiger partial charge in [0.15, 0.2) is 7.14 Å². The quantitative estimate of drug-likeness (QED) is 0.162. The zero-order valence-corrected chi connectivity index (χ0v) is 34.4. The van der Waals surface area contributed by atoms with Crippen LogP contribution in [0, 0.1) is 0 Å². The van der Waals surface area contributed by atoms with Gasteiger partial charge < -0.3 is 13.7 Å². The van der Waals surface area contributed by atoms with Crippen molar-refractivity contribution in [2.45, 2.75) is 9.79 Å². The van der Waals surface area contributed by atoms with Crippen LogP contribution in [0.3, 0.4) is 0 Å². The van der Waals surface area contributed by atoms with Crippen molar-refractivity contribution in [1.29, 1.82) is 0 Å². The van der Waals surface area contributed by atoms with Crippen LogP contribution in [-0.4, -0.2) is 17.6 Å². The second-order valence-electron chi connectivity index (χ2n) is 15.6. The Hall–Kier alpha value is -7.24. The van der Waals surface area contributed by atoms with Crippen LogP contribution in [0.4, 0.5) is 0 Å². The average Bonchev–Trinajstić information content (AvgIpc) is 3.84. The summed E-state index contributed by atoms with van der Waals surface area (Å²) in [6, 6.07) is 70.1. The summed E-state index contributed by atoms with van der Waals surface area (Å²) >= 11 is 0. The molecule has 0 N–H and O–H groups in total. The van der Waals surface area contributed by atoms with Gasteiger partial charge in [-0.15, -0.1) is 0 Å². The van der Waals surface area contributed by atoms with Crippen LogP contribution in [0.1, 0.15) is 0 Å². The molecule has 1 aliphatic rings. The maximum absolute atomic E-state index is 15.8. The summed E-state index contributed by atoms with van der Waals surface area (Å²) in [4.78, 5) is 0.157. The van der Waals surface area contributed by atoms with E-state index in [1.54, 1.807) is 24.3 Å². The fourth-order valence-corrected chi connectivity index (χ4v) is 15.2. The van der Waals surface area contributed by atoms with Crippen LogP contribution < -0.4 is 15.9 Å². The van der Waals surface area contributed by atoms with Gasteiger partial charge in [-0.2, -0.15) is 0 Å². The number of hydrogen-bond donors (Lipinski definition) is 0. The molecule has 3 heterocycles. The lowest BCUT2D eigenvalue weighted by Crippen LogP contribution is -2.36. The third-order valence-electron chi connectivity index (χ3n) is 12.4. The van der Waals surface area contributed by atoms with Gasteiger partial charge in [-0.25, -0.2) is 8.42 Å². The maximum Gasteiger partial charge on any atom is 0.208 e. The fourth-order valence-electron chi connectivity index (χ4n) is 9.51. The molecular weight excluding hydrogens is 788 g/mol. The molecule has 5 nitrogen and oxygen atoms in total. The first kappa shape index (κ1) is 35.7. The van der Waals surface area contributed by atoms with Crippen molar-refractivity contribution < 1.29 is 13.0 Å². The van der Waals surface area contributed by atoms with Crippen LogP contribution in [-0.2, 0) is 14.4 Å². The number of rotatable bonds is 5. The van der Waals surface area contributed by atoms with E-state index in [-0.39, 0.29) is 9.79 Å². The zero-order chi connectivity index (χ0) is 40.9. The van der Waals surface area contributed by atoms with Gasteiger partial charge in [0, 0.05) is 48.8 Å². The van der Waals surface area contributed by atoms with Crippen molar-refractivity contribution in [3.05, 3.63) is 212 Å². The molecule has 11 aromatic rings. The summed E-state index contributed by atoms with van der Waals surface area (Å²) in [7, 11) is -7.72. The van der Waals surface area contributed by atoms with Crippen molar-refractivity contribution in [2.75, 3.05) is 0 Å². The number of nitrogens with zero attached hydrogens (tertiary/aromatic N) is 2. The monoisotopic (exact) mass is 822 g/mol. The number of para-hydroxylation sites is 4. The van der Waals surface area contributed by atoms with Gasteiger partial charge in [0.05, 0.1) is 31.9 Å². The van der Waals surface area contributed by atoms with Crippen molar-refractivity contribution in [1.82, 2.24) is 9.13 Å². The van der Waals surface area contributed by atoms with Crippen LogP contribution in [0.5, 0.6) is 0 Å². The largest absolute Gasteiger partial charge is 0.309 e. The lowest BCUT2D eigenvalue weighted by Gasteiger charge is -2.30. The average molecular weight is 823 g/mol. The maximum atomic E-state index is 15.8. The minimum atomic E-state index is -4.11. The molecule has 0 aliphatic carbocycles. The summed E-state index contributed by atoms with van der Waals surface area (Å²) in [5.41, 5.74) is 9.66. The van der Waals surface area contributed by atoms with E-state index in [1.165, 1.54) is 21.5 Å². The SMILES string of the molecule is O=P1(c2ccccc2)c2ccc(-c3ccc(-n4c5ccccc5c5ccccc54)cc3)cc2S(=O)(=O)c2cc(-c3ccc(-n4c5ccccc5c5ccccc54)cc3)ccc21. The molecule has 0 atom stereocenters. The van der Waals surface area contributed by atoms with Crippen molar-refractivity contribution in [2.24, 2.45) is 0 Å². The first-order valence-electron chi connectivity index (χ1n) is 20.3. The van der Waals surface area contributed by atoms with E-state index in [4.69, 9.17) is 0 Å². The normalized spacial score (nSPS) is 14.0. The van der Waals surface area contributed by atoms with Crippen molar-refractivity contribution in [3.63, 3.8) is 0 Å².